The molecule has 0 aliphatic rings. The average Bonchev–Trinajstić information content (AvgIpc) is 1.41. The third kappa shape index (κ3) is 3.99. The van der Waals surface area contributed by atoms with Crippen LogP contribution < -0.4 is 0 Å². The molecule has 0 atom stereocenters. The fraction of sp³-hybridized carbons (Fsp3) is 0.333. The molecule has 30 valence electrons. The van der Waals surface area contributed by atoms with Crippen LogP contribution in [0.15, 0.2) is 11.6 Å². The lowest BCUT2D eigenvalue weighted by Gasteiger charge is -1.64. The summed E-state index contributed by atoms with van der Waals surface area (Å²) in [6.45, 7) is 0.0312. The molecule has 0 aromatic rings. The van der Waals surface area contributed by atoms with E-state index in [4.69, 9.17) is 16.7 Å². The molecule has 0 saturated carbocycles. The van der Waals surface area contributed by atoms with Crippen LogP contribution in [0.1, 0.15) is 0 Å². The Kier molecular flexibility index (Phi) is 3.98. The molecule has 0 fully saturated rings. The maximum atomic E-state index is 7.90. The maximum absolute atomic E-state index is 7.90. The minimum atomic E-state index is 0.0312. The zero-order chi connectivity index (χ0) is 4.12. The molecule has 0 aliphatic carbocycles. The van der Waals surface area contributed by atoms with Crippen LogP contribution in [0.4, 0.5) is 0 Å². The lowest BCUT2D eigenvalue weighted by Crippen LogP contribution is -1.64. The van der Waals surface area contributed by atoms with Crippen LogP contribution >= 0.6 is 11.6 Å². The molecule has 0 rings (SSSR count). The van der Waals surface area contributed by atoms with Crippen molar-refractivity contribution >= 4 is 11.6 Å². The van der Waals surface area contributed by atoms with Crippen molar-refractivity contribution in [3.05, 3.63) is 11.6 Å². The van der Waals surface area contributed by atoms with Crippen molar-refractivity contribution in [1.29, 1.82) is 0 Å². The Morgan fingerprint density at radius 2 is 2.40 bits per heavy atom. The van der Waals surface area contributed by atoms with Crippen molar-refractivity contribution in [1.82, 2.24) is 0 Å². The van der Waals surface area contributed by atoms with Crippen molar-refractivity contribution < 1.29 is 5.11 Å². The van der Waals surface area contributed by atoms with Gasteiger partial charge in [0.25, 0.3) is 0 Å². The Labute approximate surface area is 35.9 Å². The number of halogens is 1. The summed E-state index contributed by atoms with van der Waals surface area (Å²) < 4.78 is 0. The summed E-state index contributed by atoms with van der Waals surface area (Å²) in [7, 11) is 0. The largest absolute Gasteiger partial charge is 0.392 e. The molecule has 0 saturated heterocycles. The summed E-state index contributed by atoms with van der Waals surface area (Å²) in [6, 6.07) is 0. The van der Waals surface area contributed by atoms with Crippen molar-refractivity contribution in [3.63, 3.8) is 0 Å². The van der Waals surface area contributed by atoms with E-state index in [-0.39, 0.29) is 6.61 Å². The van der Waals surface area contributed by atoms with E-state index in [1.165, 1.54) is 11.6 Å². The molecule has 0 aromatic heterocycles. The molecule has 0 bridgehead atoms. The van der Waals surface area contributed by atoms with Crippen molar-refractivity contribution in [2.24, 2.45) is 0 Å². The number of hydrogen-bond donors (Lipinski definition) is 1. The normalized spacial score (nSPS) is 10.0. The van der Waals surface area contributed by atoms with Crippen molar-refractivity contribution in [2.75, 3.05) is 6.61 Å². The van der Waals surface area contributed by atoms with Gasteiger partial charge in [0.2, 0.25) is 0 Å². The van der Waals surface area contributed by atoms with Crippen LogP contribution in [0.2, 0.25) is 0 Å². The topological polar surface area (TPSA) is 20.2 Å². The summed E-state index contributed by atoms with van der Waals surface area (Å²) in [5.74, 6) is 0. The second-order valence-corrected chi connectivity index (χ2v) is 0.796. The lowest BCUT2D eigenvalue weighted by molar-refractivity contribution is 0.343. The van der Waals surface area contributed by atoms with Gasteiger partial charge >= 0.3 is 0 Å². The van der Waals surface area contributed by atoms with Gasteiger partial charge in [-0.1, -0.05) is 11.6 Å². The Morgan fingerprint density at radius 3 is 2.40 bits per heavy atom. The molecule has 0 spiro atoms. The van der Waals surface area contributed by atoms with Gasteiger partial charge in [0, 0.05) is 5.54 Å². The Balaban J connectivity index is 2.62. The smallest absolute Gasteiger partial charge is 0.0623 e. The molecule has 2 heteroatoms. The van der Waals surface area contributed by atoms with Gasteiger partial charge in [0.05, 0.1) is 6.61 Å². The summed E-state index contributed by atoms with van der Waals surface area (Å²) in [6.07, 6.45) is 1.45. The lowest BCUT2D eigenvalue weighted by atomic mass is 10.7. The second kappa shape index (κ2) is 3.99. The zero-order valence-electron chi connectivity index (χ0n) is 2.69. The van der Waals surface area contributed by atoms with E-state index in [0.717, 1.165) is 0 Å². The first kappa shape index (κ1) is 4.99. The predicted molar refractivity (Wildman–Crippen MR) is 22.1 cm³/mol. The number of hydrogen-bond acceptors (Lipinski definition) is 1. The average molecular weight is 92.5 g/mol. The maximum Gasteiger partial charge on any atom is 0.0623 e. The van der Waals surface area contributed by atoms with E-state index in [0.29, 0.717) is 0 Å². The van der Waals surface area contributed by atoms with E-state index < -0.39 is 0 Å². The first-order valence-corrected chi connectivity index (χ1v) is 1.71. The molecule has 0 aromatic carbocycles. The Bertz CT molecular complexity index is 33.9. The monoisotopic (exact) mass is 92.0 g/mol. The molecule has 0 heterocycles. The van der Waals surface area contributed by atoms with Crippen LogP contribution in [-0.2, 0) is 0 Å². The van der Waals surface area contributed by atoms with Crippen LogP contribution in [0.25, 0.3) is 0 Å². The summed E-state index contributed by atoms with van der Waals surface area (Å²) in [5.41, 5.74) is 1.28. The molecule has 0 aliphatic heterocycles. The standard InChI is InChI=1S/C3H5ClO/c4-2-1-3-5/h1-2,5H,3H2/b2-1+. The SMILES string of the molecule is OC/C=C/Cl. The van der Waals surface area contributed by atoms with Gasteiger partial charge in [-0.15, -0.1) is 0 Å². The number of rotatable bonds is 1. The van der Waals surface area contributed by atoms with Gasteiger partial charge in [-0.25, -0.2) is 0 Å². The quantitative estimate of drug-likeness (QED) is 0.506. The summed E-state index contributed by atoms with van der Waals surface area (Å²) in [5, 5.41) is 7.90. The molecular formula is C3H5ClO. The van der Waals surface area contributed by atoms with Crippen LogP contribution in [0.5, 0.6) is 0 Å². The highest BCUT2D eigenvalue weighted by atomic mass is 35.5. The summed E-state index contributed by atoms with van der Waals surface area (Å²) in [4.78, 5) is 0. The zero-order valence-corrected chi connectivity index (χ0v) is 3.44. The molecule has 0 amide bonds. The van der Waals surface area contributed by atoms with E-state index >= 15 is 0 Å². The molecule has 0 radical (unpaired) electrons. The van der Waals surface area contributed by atoms with Crippen molar-refractivity contribution in [2.45, 2.75) is 0 Å². The van der Waals surface area contributed by atoms with Gasteiger partial charge < -0.3 is 5.11 Å². The van der Waals surface area contributed by atoms with Gasteiger partial charge in [-0.05, 0) is 6.08 Å². The van der Waals surface area contributed by atoms with Gasteiger partial charge in [0.15, 0.2) is 0 Å². The molecular weight excluding hydrogens is 87.5 g/mol. The molecule has 5 heavy (non-hydrogen) atoms. The minimum absolute atomic E-state index is 0.0312. The fourth-order valence-corrected chi connectivity index (χ4v) is 0.120. The third-order valence-electron chi connectivity index (χ3n) is 0.194. The highest BCUT2D eigenvalue weighted by molar-refractivity contribution is 6.25. The highest BCUT2D eigenvalue weighted by Gasteiger charge is 1.54. The molecule has 1 N–H and O–H groups in total. The second-order valence-electron chi connectivity index (χ2n) is 0.544. The first-order chi connectivity index (χ1) is 2.41. The first-order valence-electron chi connectivity index (χ1n) is 1.28. The van der Waals surface area contributed by atoms with E-state index in [9.17, 15) is 0 Å². The number of aliphatic hydroxyl groups is 1. The minimum Gasteiger partial charge on any atom is -0.392 e. The number of aliphatic hydroxyl groups excluding tert-OH is 1. The van der Waals surface area contributed by atoms with Gasteiger partial charge in [-0.2, -0.15) is 0 Å². The van der Waals surface area contributed by atoms with E-state index in [2.05, 4.69) is 0 Å². The fourth-order valence-electron chi connectivity index (χ4n) is 0.0398. The van der Waals surface area contributed by atoms with Gasteiger partial charge in [-0.3, -0.25) is 0 Å². The highest BCUT2D eigenvalue weighted by Crippen LogP contribution is 1.72. The van der Waals surface area contributed by atoms with E-state index in [1.807, 2.05) is 0 Å². The van der Waals surface area contributed by atoms with Crippen LogP contribution in [-0.4, -0.2) is 11.7 Å². The van der Waals surface area contributed by atoms with Crippen LogP contribution in [0, 0.1) is 0 Å². The Morgan fingerprint density at radius 1 is 1.80 bits per heavy atom. The molecule has 0 unspecified atom stereocenters. The van der Waals surface area contributed by atoms with E-state index in [1.54, 1.807) is 0 Å². The van der Waals surface area contributed by atoms with Crippen molar-refractivity contribution in [3.8, 4) is 0 Å². The predicted octanol–water partition coefficient (Wildman–Crippen LogP) is 0.731. The molecule has 1 nitrogen and oxygen atoms in total. The van der Waals surface area contributed by atoms with Gasteiger partial charge in [0.1, 0.15) is 0 Å². The summed E-state index contributed by atoms with van der Waals surface area (Å²) >= 11 is 4.96. The third-order valence-corrected chi connectivity index (χ3v) is 0.373. The Hall–Kier alpha value is -0.0100. The van der Waals surface area contributed by atoms with Crippen LogP contribution in [0.3, 0.4) is 0 Å².